The van der Waals surface area contributed by atoms with Crippen molar-refractivity contribution in [2.24, 2.45) is 0 Å². The van der Waals surface area contributed by atoms with Crippen LogP contribution in [0, 0.1) is 0 Å². The summed E-state index contributed by atoms with van der Waals surface area (Å²) < 4.78 is 10.7. The summed E-state index contributed by atoms with van der Waals surface area (Å²) in [6, 6.07) is 7.39. The van der Waals surface area contributed by atoms with Crippen LogP contribution in [0.2, 0.25) is 5.15 Å². The van der Waals surface area contributed by atoms with Crippen molar-refractivity contribution in [3.63, 3.8) is 0 Å². The van der Waals surface area contributed by atoms with E-state index in [4.69, 9.17) is 21.1 Å². The Balaban J connectivity index is 2.56. The van der Waals surface area contributed by atoms with Gasteiger partial charge in [0.05, 0.1) is 19.8 Å². The number of hydrogen-bond acceptors (Lipinski definition) is 4. The van der Waals surface area contributed by atoms with Gasteiger partial charge in [0, 0.05) is 5.69 Å². The summed E-state index contributed by atoms with van der Waals surface area (Å²) in [7, 11) is 3.20. The number of aromatic nitrogens is 2. The lowest BCUT2D eigenvalue weighted by Crippen LogP contribution is -1.99. The minimum atomic E-state index is 0.434. The molecule has 0 spiro atoms. The number of aryl methyl sites for hydroxylation is 1. The summed E-state index contributed by atoms with van der Waals surface area (Å²) in [5.41, 5.74) is 1.69. The largest absolute Gasteiger partial charge is 0.493 e. The first-order chi connectivity index (χ1) is 9.69. The van der Waals surface area contributed by atoms with Crippen LogP contribution in [-0.2, 0) is 6.42 Å². The molecule has 1 aromatic heterocycles. The van der Waals surface area contributed by atoms with Gasteiger partial charge in [0.1, 0.15) is 5.15 Å². The van der Waals surface area contributed by atoms with Crippen LogP contribution in [0.5, 0.6) is 11.5 Å². The molecule has 0 fully saturated rings. The van der Waals surface area contributed by atoms with E-state index in [0.717, 1.165) is 24.1 Å². The highest BCUT2D eigenvalue weighted by molar-refractivity contribution is 6.29. The minimum Gasteiger partial charge on any atom is -0.493 e. The van der Waals surface area contributed by atoms with Gasteiger partial charge in [0.25, 0.3) is 0 Å². The van der Waals surface area contributed by atoms with Gasteiger partial charge in [0.15, 0.2) is 17.3 Å². The van der Waals surface area contributed by atoms with Crippen molar-refractivity contribution >= 4 is 11.6 Å². The van der Waals surface area contributed by atoms with Crippen LogP contribution in [0.1, 0.15) is 19.0 Å². The van der Waals surface area contributed by atoms with Gasteiger partial charge in [-0.1, -0.05) is 31.0 Å². The quantitative estimate of drug-likeness (QED) is 0.787. The molecule has 0 aliphatic carbocycles. The molecular formula is C15H17ClN2O2. The standard InChI is InChI=1S/C15H17ClN2O2/c1-4-6-10-9-13(16)18-15(17-10)11-7-5-8-12(19-2)14(11)20-3/h5,7-9H,4,6H2,1-3H3. The molecule has 1 heterocycles. The maximum Gasteiger partial charge on any atom is 0.171 e. The second kappa shape index (κ2) is 6.57. The van der Waals surface area contributed by atoms with Crippen LogP contribution in [0.25, 0.3) is 11.4 Å². The average molecular weight is 293 g/mol. The van der Waals surface area contributed by atoms with E-state index in [1.54, 1.807) is 20.3 Å². The van der Waals surface area contributed by atoms with Crippen molar-refractivity contribution in [1.82, 2.24) is 9.97 Å². The maximum absolute atomic E-state index is 6.08. The fourth-order valence-corrected chi connectivity index (χ4v) is 2.24. The third kappa shape index (κ3) is 3.02. The number of nitrogens with zero attached hydrogens (tertiary/aromatic N) is 2. The Kier molecular flexibility index (Phi) is 4.79. The zero-order valence-electron chi connectivity index (χ0n) is 11.8. The van der Waals surface area contributed by atoms with Crippen molar-refractivity contribution < 1.29 is 9.47 Å². The highest BCUT2D eigenvalue weighted by Crippen LogP contribution is 2.36. The molecule has 0 aliphatic rings. The molecule has 0 radical (unpaired) electrons. The molecule has 0 saturated carbocycles. The third-order valence-corrected chi connectivity index (χ3v) is 3.09. The topological polar surface area (TPSA) is 44.2 Å². The van der Waals surface area contributed by atoms with Crippen LogP contribution in [0.3, 0.4) is 0 Å². The van der Waals surface area contributed by atoms with E-state index in [0.29, 0.717) is 22.5 Å². The smallest absolute Gasteiger partial charge is 0.171 e. The van der Waals surface area contributed by atoms with E-state index in [1.165, 1.54) is 0 Å². The molecule has 4 nitrogen and oxygen atoms in total. The average Bonchev–Trinajstić information content (AvgIpc) is 2.46. The molecule has 2 aromatic rings. The number of benzene rings is 1. The molecule has 1 aromatic carbocycles. The molecule has 5 heteroatoms. The Hall–Kier alpha value is -1.81. The van der Waals surface area contributed by atoms with E-state index in [2.05, 4.69) is 16.9 Å². The van der Waals surface area contributed by atoms with Crippen LogP contribution >= 0.6 is 11.6 Å². The highest BCUT2D eigenvalue weighted by Gasteiger charge is 2.14. The van der Waals surface area contributed by atoms with Gasteiger partial charge in [-0.3, -0.25) is 0 Å². The van der Waals surface area contributed by atoms with Crippen LogP contribution < -0.4 is 9.47 Å². The second-order valence-corrected chi connectivity index (χ2v) is 4.68. The number of methoxy groups -OCH3 is 2. The van der Waals surface area contributed by atoms with Gasteiger partial charge in [-0.05, 0) is 24.6 Å². The fraction of sp³-hybridized carbons (Fsp3) is 0.333. The normalized spacial score (nSPS) is 10.4. The molecule has 0 amide bonds. The first-order valence-corrected chi connectivity index (χ1v) is 6.82. The summed E-state index contributed by atoms with van der Waals surface area (Å²) in [5.74, 6) is 1.81. The highest BCUT2D eigenvalue weighted by atomic mass is 35.5. The number of halogens is 1. The van der Waals surface area contributed by atoms with Crippen LogP contribution in [0.15, 0.2) is 24.3 Å². The molecule has 0 N–H and O–H groups in total. The predicted octanol–water partition coefficient (Wildman–Crippen LogP) is 3.77. The summed E-state index contributed by atoms with van der Waals surface area (Å²) in [4.78, 5) is 8.84. The van der Waals surface area contributed by atoms with E-state index in [1.807, 2.05) is 18.2 Å². The monoisotopic (exact) mass is 292 g/mol. The zero-order valence-corrected chi connectivity index (χ0v) is 12.6. The fourth-order valence-electron chi connectivity index (χ4n) is 2.03. The maximum atomic E-state index is 6.08. The molecule has 0 bridgehead atoms. The third-order valence-electron chi connectivity index (χ3n) is 2.90. The van der Waals surface area contributed by atoms with Crippen molar-refractivity contribution in [1.29, 1.82) is 0 Å². The van der Waals surface area contributed by atoms with E-state index < -0.39 is 0 Å². The van der Waals surface area contributed by atoms with Crippen LogP contribution in [0.4, 0.5) is 0 Å². The van der Waals surface area contributed by atoms with Crippen LogP contribution in [-0.4, -0.2) is 24.2 Å². The molecule has 0 unspecified atom stereocenters. The lowest BCUT2D eigenvalue weighted by Gasteiger charge is -2.12. The lowest BCUT2D eigenvalue weighted by molar-refractivity contribution is 0.356. The molecular weight excluding hydrogens is 276 g/mol. The summed E-state index contributed by atoms with van der Waals surface area (Å²) in [6.45, 7) is 2.10. The number of rotatable bonds is 5. The molecule has 106 valence electrons. The lowest BCUT2D eigenvalue weighted by atomic mass is 10.1. The summed E-state index contributed by atoms with van der Waals surface area (Å²) in [5, 5.41) is 0.434. The van der Waals surface area contributed by atoms with Gasteiger partial charge >= 0.3 is 0 Å². The first kappa shape index (κ1) is 14.6. The molecule has 0 saturated heterocycles. The Morgan fingerprint density at radius 2 is 1.95 bits per heavy atom. The van der Waals surface area contributed by atoms with Gasteiger partial charge < -0.3 is 9.47 Å². The second-order valence-electron chi connectivity index (χ2n) is 4.30. The van der Waals surface area contributed by atoms with Gasteiger partial charge in [-0.25, -0.2) is 9.97 Å². The van der Waals surface area contributed by atoms with E-state index in [9.17, 15) is 0 Å². The summed E-state index contributed by atoms with van der Waals surface area (Å²) >= 11 is 6.08. The van der Waals surface area contributed by atoms with E-state index in [-0.39, 0.29) is 0 Å². The minimum absolute atomic E-state index is 0.434. The molecule has 0 atom stereocenters. The molecule has 0 aliphatic heterocycles. The van der Waals surface area contributed by atoms with Gasteiger partial charge in [-0.15, -0.1) is 0 Å². The zero-order chi connectivity index (χ0) is 14.5. The van der Waals surface area contributed by atoms with Crippen molar-refractivity contribution in [3.8, 4) is 22.9 Å². The Labute approximate surface area is 123 Å². The number of ether oxygens (including phenoxy) is 2. The number of hydrogen-bond donors (Lipinski definition) is 0. The van der Waals surface area contributed by atoms with Crippen molar-refractivity contribution in [3.05, 3.63) is 35.1 Å². The SMILES string of the molecule is CCCc1cc(Cl)nc(-c2cccc(OC)c2OC)n1. The Morgan fingerprint density at radius 1 is 1.15 bits per heavy atom. The van der Waals surface area contributed by atoms with Gasteiger partial charge in [-0.2, -0.15) is 0 Å². The predicted molar refractivity (Wildman–Crippen MR) is 79.6 cm³/mol. The molecule has 20 heavy (non-hydrogen) atoms. The summed E-state index contributed by atoms with van der Waals surface area (Å²) in [6.07, 6.45) is 1.86. The Bertz CT molecular complexity index is 602. The Morgan fingerprint density at radius 3 is 2.60 bits per heavy atom. The van der Waals surface area contributed by atoms with Crippen molar-refractivity contribution in [2.45, 2.75) is 19.8 Å². The van der Waals surface area contributed by atoms with E-state index >= 15 is 0 Å². The first-order valence-electron chi connectivity index (χ1n) is 6.44. The van der Waals surface area contributed by atoms with Gasteiger partial charge in [0.2, 0.25) is 0 Å². The number of para-hydroxylation sites is 1. The molecule has 2 rings (SSSR count). The van der Waals surface area contributed by atoms with Crippen molar-refractivity contribution in [2.75, 3.05) is 14.2 Å².